The number of hydrogen-bond acceptors (Lipinski definition) is 7. The summed E-state index contributed by atoms with van der Waals surface area (Å²) in [6, 6.07) is 1.88. The van der Waals surface area contributed by atoms with Crippen molar-refractivity contribution < 1.29 is 28.8 Å². The van der Waals surface area contributed by atoms with E-state index in [9.17, 15) is 10.4 Å². The van der Waals surface area contributed by atoms with E-state index in [4.69, 9.17) is 23.7 Å². The molecule has 3 rings (SSSR count). The molecule has 112 valence electrons. The molecule has 4 atom stereocenters. The molecule has 0 aromatic heterocycles. The largest absolute Gasteiger partial charge is 0.369 e. The van der Waals surface area contributed by atoms with Gasteiger partial charge in [-0.1, -0.05) is 0 Å². The summed E-state index contributed by atoms with van der Waals surface area (Å²) < 4.78 is 28.2. The zero-order chi connectivity index (χ0) is 14.8. The third kappa shape index (κ3) is 1.80. The summed E-state index contributed by atoms with van der Waals surface area (Å²) in [5.41, 5.74) is -2.00. The van der Waals surface area contributed by atoms with Crippen molar-refractivity contribution >= 4 is 0 Å². The highest BCUT2D eigenvalue weighted by Crippen LogP contribution is 2.49. The summed E-state index contributed by atoms with van der Waals surface area (Å²) in [6.45, 7) is 6.97. The molecular formula is C13H19NO6. The van der Waals surface area contributed by atoms with E-state index in [0.717, 1.165) is 0 Å². The fourth-order valence-electron chi connectivity index (χ4n) is 2.99. The molecule has 0 aromatic carbocycles. The highest BCUT2D eigenvalue weighted by Gasteiger charge is 2.71. The minimum Gasteiger partial charge on any atom is -0.369 e. The normalized spacial score (nSPS) is 49.0. The monoisotopic (exact) mass is 285 g/mol. The van der Waals surface area contributed by atoms with Crippen LogP contribution in [-0.4, -0.2) is 53.5 Å². The quantitative estimate of drug-likeness (QED) is 0.639. The maximum Gasteiger partial charge on any atom is 0.241 e. The predicted molar refractivity (Wildman–Crippen MR) is 64.2 cm³/mol. The van der Waals surface area contributed by atoms with Crippen molar-refractivity contribution in [2.24, 2.45) is 0 Å². The number of nitriles is 1. The summed E-state index contributed by atoms with van der Waals surface area (Å²) in [6.07, 6.45) is -1.37. The Morgan fingerprint density at radius 3 is 2.35 bits per heavy atom. The zero-order valence-electron chi connectivity index (χ0n) is 12.0. The molecule has 7 nitrogen and oxygen atoms in total. The van der Waals surface area contributed by atoms with Gasteiger partial charge in [-0.2, -0.15) is 5.26 Å². The Morgan fingerprint density at radius 2 is 1.80 bits per heavy atom. The third-order valence-electron chi connectivity index (χ3n) is 3.85. The lowest BCUT2D eigenvalue weighted by Crippen LogP contribution is -2.70. The van der Waals surface area contributed by atoms with Crippen LogP contribution < -0.4 is 0 Å². The standard InChI is InChI=1S/C13H19NO6/c1-10(2)17-7-13(20-10)12(15,6-14)9-8(5-16-13)18-11(3,4)19-9/h8-9,15H,5,7H2,1-4H3/t8-,9?,12?,13+/m1/s1. The third-order valence-corrected chi connectivity index (χ3v) is 3.85. The number of hydrogen-bond donors (Lipinski definition) is 1. The molecule has 1 spiro atoms. The topological polar surface area (TPSA) is 90.2 Å². The molecule has 0 aliphatic carbocycles. The van der Waals surface area contributed by atoms with Crippen molar-refractivity contribution in [1.82, 2.24) is 0 Å². The number of rotatable bonds is 0. The second-order valence-corrected chi connectivity index (χ2v) is 6.33. The first kappa shape index (κ1) is 14.2. The molecule has 0 bridgehead atoms. The molecule has 0 radical (unpaired) electrons. The Balaban J connectivity index is 1.98. The molecule has 3 aliphatic rings. The Bertz CT molecular complexity index is 470. The van der Waals surface area contributed by atoms with Crippen molar-refractivity contribution in [3.8, 4) is 6.07 Å². The van der Waals surface area contributed by atoms with Crippen LogP contribution in [0.3, 0.4) is 0 Å². The lowest BCUT2D eigenvalue weighted by Gasteiger charge is -2.46. The Hall–Kier alpha value is -0.750. The minimum atomic E-state index is -2.00. The van der Waals surface area contributed by atoms with Crippen LogP contribution in [0.4, 0.5) is 0 Å². The van der Waals surface area contributed by atoms with Gasteiger partial charge in [0.25, 0.3) is 0 Å². The average molecular weight is 285 g/mol. The second kappa shape index (κ2) is 3.91. The predicted octanol–water partition coefficient (Wildman–Crippen LogP) is 0.271. The molecule has 3 heterocycles. The summed E-state index contributed by atoms with van der Waals surface area (Å²) in [5.74, 6) is -3.38. The van der Waals surface area contributed by atoms with E-state index in [-0.39, 0.29) is 13.2 Å². The molecule has 7 heteroatoms. The minimum absolute atomic E-state index is 0.0446. The van der Waals surface area contributed by atoms with E-state index in [2.05, 4.69) is 0 Å². The van der Waals surface area contributed by atoms with Crippen LogP contribution in [0.2, 0.25) is 0 Å². The van der Waals surface area contributed by atoms with Crippen LogP contribution in [0.25, 0.3) is 0 Å². The van der Waals surface area contributed by atoms with Crippen LogP contribution in [-0.2, 0) is 23.7 Å². The Morgan fingerprint density at radius 1 is 1.10 bits per heavy atom. The number of ether oxygens (including phenoxy) is 5. The van der Waals surface area contributed by atoms with E-state index in [1.54, 1.807) is 27.7 Å². The van der Waals surface area contributed by atoms with Crippen LogP contribution >= 0.6 is 0 Å². The van der Waals surface area contributed by atoms with Gasteiger partial charge in [-0.15, -0.1) is 0 Å². The molecule has 3 aliphatic heterocycles. The van der Waals surface area contributed by atoms with Gasteiger partial charge in [0.05, 0.1) is 6.61 Å². The van der Waals surface area contributed by atoms with E-state index >= 15 is 0 Å². The van der Waals surface area contributed by atoms with Gasteiger partial charge in [-0.05, 0) is 27.7 Å². The van der Waals surface area contributed by atoms with Crippen molar-refractivity contribution in [1.29, 1.82) is 5.26 Å². The van der Waals surface area contributed by atoms with Gasteiger partial charge in [0, 0.05) is 0 Å². The van der Waals surface area contributed by atoms with Crippen LogP contribution in [0.5, 0.6) is 0 Å². The molecular weight excluding hydrogens is 266 g/mol. The van der Waals surface area contributed by atoms with Gasteiger partial charge >= 0.3 is 0 Å². The van der Waals surface area contributed by atoms with Gasteiger partial charge in [0.15, 0.2) is 11.6 Å². The van der Waals surface area contributed by atoms with Crippen molar-refractivity contribution in [2.75, 3.05) is 13.2 Å². The first-order valence-corrected chi connectivity index (χ1v) is 6.60. The summed E-state index contributed by atoms with van der Waals surface area (Å²) >= 11 is 0. The van der Waals surface area contributed by atoms with Crippen molar-refractivity contribution in [3.63, 3.8) is 0 Å². The van der Waals surface area contributed by atoms with Crippen LogP contribution in [0.15, 0.2) is 0 Å². The Labute approximate surface area is 117 Å². The molecule has 1 N–H and O–H groups in total. The zero-order valence-corrected chi connectivity index (χ0v) is 12.0. The molecule has 3 saturated heterocycles. The summed E-state index contributed by atoms with van der Waals surface area (Å²) in [7, 11) is 0. The first-order chi connectivity index (χ1) is 9.13. The van der Waals surface area contributed by atoms with Gasteiger partial charge in [-0.25, -0.2) is 0 Å². The highest BCUT2D eigenvalue weighted by atomic mass is 16.9. The van der Waals surface area contributed by atoms with Crippen LogP contribution in [0.1, 0.15) is 27.7 Å². The van der Waals surface area contributed by atoms with Crippen molar-refractivity contribution in [3.05, 3.63) is 0 Å². The summed E-state index contributed by atoms with van der Waals surface area (Å²) in [5, 5.41) is 20.4. The van der Waals surface area contributed by atoms with Gasteiger partial charge < -0.3 is 28.8 Å². The molecule has 3 fully saturated rings. The van der Waals surface area contributed by atoms with E-state index in [0.29, 0.717) is 0 Å². The summed E-state index contributed by atoms with van der Waals surface area (Å²) in [4.78, 5) is 0. The Kier molecular flexibility index (Phi) is 2.78. The maximum absolute atomic E-state index is 10.9. The molecule has 20 heavy (non-hydrogen) atoms. The number of nitrogens with zero attached hydrogens (tertiary/aromatic N) is 1. The lowest BCUT2D eigenvalue weighted by molar-refractivity contribution is -0.349. The fraction of sp³-hybridized carbons (Fsp3) is 0.923. The SMILES string of the molecule is CC1(C)OC2[C@@H](CO[C@]3(COC(C)(C)O3)C2(O)C#N)O1. The molecule has 2 unspecified atom stereocenters. The average Bonchev–Trinajstić information content (AvgIpc) is 2.83. The highest BCUT2D eigenvalue weighted by molar-refractivity contribution is 5.21. The number of aliphatic hydroxyl groups is 1. The first-order valence-electron chi connectivity index (χ1n) is 6.60. The molecule has 0 aromatic rings. The number of fused-ring (bicyclic) bond motifs is 1. The van der Waals surface area contributed by atoms with Gasteiger partial charge in [0.1, 0.15) is 24.9 Å². The van der Waals surface area contributed by atoms with Gasteiger partial charge in [0.2, 0.25) is 11.4 Å². The van der Waals surface area contributed by atoms with E-state index < -0.39 is 35.2 Å². The maximum atomic E-state index is 10.9. The van der Waals surface area contributed by atoms with E-state index in [1.165, 1.54) is 0 Å². The molecule has 0 amide bonds. The molecule has 0 saturated carbocycles. The van der Waals surface area contributed by atoms with E-state index in [1.807, 2.05) is 6.07 Å². The van der Waals surface area contributed by atoms with Crippen molar-refractivity contribution in [2.45, 2.75) is 62.9 Å². The second-order valence-electron chi connectivity index (χ2n) is 6.33. The fourth-order valence-corrected chi connectivity index (χ4v) is 2.99. The van der Waals surface area contributed by atoms with Crippen LogP contribution in [0, 0.1) is 11.3 Å². The smallest absolute Gasteiger partial charge is 0.241 e. The lowest BCUT2D eigenvalue weighted by atomic mass is 9.83. The van der Waals surface area contributed by atoms with Gasteiger partial charge in [-0.3, -0.25) is 0 Å².